The van der Waals surface area contributed by atoms with Crippen LogP contribution in [0.3, 0.4) is 0 Å². The zero-order valence-corrected chi connectivity index (χ0v) is 13.5. The maximum atomic E-state index is 12.1. The maximum Gasteiger partial charge on any atom is 0.141 e. The Kier molecular flexibility index (Phi) is 5.13. The first kappa shape index (κ1) is 15.0. The average molecular weight is 331 g/mol. The minimum absolute atomic E-state index is 0.254. The standard InChI is InChI=1S/C18H19BrO/c1-13(2)16-7-3-14(4-8-16)11-18(20)12-15-5-9-17(19)10-6-15/h3-10,13H,11-12H2,1-2H3. The van der Waals surface area contributed by atoms with Gasteiger partial charge in [-0.15, -0.1) is 0 Å². The first-order valence-corrected chi connectivity index (χ1v) is 7.69. The summed E-state index contributed by atoms with van der Waals surface area (Å²) in [6, 6.07) is 16.3. The minimum atomic E-state index is 0.254. The van der Waals surface area contributed by atoms with Gasteiger partial charge in [0, 0.05) is 17.3 Å². The zero-order valence-electron chi connectivity index (χ0n) is 11.9. The van der Waals surface area contributed by atoms with E-state index >= 15 is 0 Å². The van der Waals surface area contributed by atoms with E-state index in [9.17, 15) is 4.79 Å². The number of hydrogen-bond acceptors (Lipinski definition) is 1. The molecule has 2 aromatic carbocycles. The summed E-state index contributed by atoms with van der Waals surface area (Å²) in [7, 11) is 0. The SMILES string of the molecule is CC(C)c1ccc(CC(=O)Cc2ccc(Br)cc2)cc1. The lowest BCUT2D eigenvalue weighted by Gasteiger charge is -2.07. The number of Topliss-reactive ketones (excluding diaryl/α,β-unsaturated/α-hetero) is 1. The second-order valence-corrected chi connectivity index (χ2v) is 6.33. The van der Waals surface area contributed by atoms with Crippen molar-refractivity contribution >= 4 is 21.7 Å². The molecule has 1 nitrogen and oxygen atoms in total. The van der Waals surface area contributed by atoms with E-state index in [1.165, 1.54) is 5.56 Å². The molecule has 2 heteroatoms. The molecule has 0 bridgehead atoms. The molecule has 0 unspecified atom stereocenters. The van der Waals surface area contributed by atoms with Crippen molar-refractivity contribution < 1.29 is 4.79 Å². The van der Waals surface area contributed by atoms with Gasteiger partial charge in [0.1, 0.15) is 5.78 Å². The molecular formula is C18H19BrO. The highest BCUT2D eigenvalue weighted by molar-refractivity contribution is 9.10. The van der Waals surface area contributed by atoms with Gasteiger partial charge in [-0.1, -0.05) is 66.2 Å². The van der Waals surface area contributed by atoms with Gasteiger partial charge < -0.3 is 0 Å². The van der Waals surface area contributed by atoms with Gasteiger partial charge >= 0.3 is 0 Å². The van der Waals surface area contributed by atoms with E-state index in [1.807, 2.05) is 24.3 Å². The monoisotopic (exact) mass is 330 g/mol. The summed E-state index contributed by atoms with van der Waals surface area (Å²) in [6.45, 7) is 4.35. The smallest absolute Gasteiger partial charge is 0.141 e. The van der Waals surface area contributed by atoms with E-state index < -0.39 is 0 Å². The lowest BCUT2D eigenvalue weighted by molar-refractivity contribution is -0.117. The van der Waals surface area contributed by atoms with E-state index in [4.69, 9.17) is 0 Å². The largest absolute Gasteiger partial charge is 0.299 e. The van der Waals surface area contributed by atoms with Gasteiger partial charge in [-0.3, -0.25) is 4.79 Å². The van der Waals surface area contributed by atoms with Crippen LogP contribution >= 0.6 is 15.9 Å². The summed E-state index contributed by atoms with van der Waals surface area (Å²) < 4.78 is 1.04. The van der Waals surface area contributed by atoms with Crippen LogP contribution in [0.4, 0.5) is 0 Å². The van der Waals surface area contributed by atoms with Crippen molar-refractivity contribution in [2.24, 2.45) is 0 Å². The quantitative estimate of drug-likeness (QED) is 0.759. The van der Waals surface area contributed by atoms with Crippen LogP contribution in [0, 0.1) is 0 Å². The fourth-order valence-corrected chi connectivity index (χ4v) is 2.40. The molecule has 0 aromatic heterocycles. The molecule has 0 atom stereocenters. The topological polar surface area (TPSA) is 17.1 Å². The Morgan fingerprint density at radius 3 is 1.80 bits per heavy atom. The van der Waals surface area contributed by atoms with Gasteiger partial charge in [-0.2, -0.15) is 0 Å². The Bertz CT molecular complexity index is 567. The highest BCUT2D eigenvalue weighted by Crippen LogP contribution is 2.16. The molecule has 0 spiro atoms. The van der Waals surface area contributed by atoms with Crippen molar-refractivity contribution in [2.75, 3.05) is 0 Å². The Labute approximate surface area is 129 Å². The lowest BCUT2D eigenvalue weighted by atomic mass is 9.98. The third kappa shape index (κ3) is 4.31. The number of carbonyl (C=O) groups excluding carboxylic acids is 1. The zero-order chi connectivity index (χ0) is 14.5. The second-order valence-electron chi connectivity index (χ2n) is 5.41. The summed E-state index contributed by atoms with van der Waals surface area (Å²) in [5.41, 5.74) is 3.47. The number of ketones is 1. The summed E-state index contributed by atoms with van der Waals surface area (Å²) >= 11 is 3.40. The van der Waals surface area contributed by atoms with Gasteiger partial charge in [-0.25, -0.2) is 0 Å². The Hall–Kier alpha value is -1.41. The first-order valence-electron chi connectivity index (χ1n) is 6.89. The van der Waals surface area contributed by atoms with E-state index in [2.05, 4.69) is 54.0 Å². The third-order valence-electron chi connectivity index (χ3n) is 3.36. The maximum absolute atomic E-state index is 12.1. The normalized spacial score (nSPS) is 10.8. The molecule has 0 fully saturated rings. The van der Waals surface area contributed by atoms with Crippen LogP contribution in [0.2, 0.25) is 0 Å². The highest BCUT2D eigenvalue weighted by Gasteiger charge is 2.06. The molecule has 2 rings (SSSR count). The highest BCUT2D eigenvalue weighted by atomic mass is 79.9. The van der Waals surface area contributed by atoms with Crippen LogP contribution in [-0.4, -0.2) is 5.78 Å². The van der Waals surface area contributed by atoms with Gasteiger partial charge in [0.05, 0.1) is 0 Å². The van der Waals surface area contributed by atoms with Crippen molar-refractivity contribution in [1.82, 2.24) is 0 Å². The molecule has 0 aliphatic carbocycles. The van der Waals surface area contributed by atoms with Crippen LogP contribution in [0.1, 0.15) is 36.5 Å². The van der Waals surface area contributed by atoms with Gasteiger partial charge in [0.15, 0.2) is 0 Å². The molecule has 0 saturated heterocycles. The first-order chi connectivity index (χ1) is 9.54. The second kappa shape index (κ2) is 6.85. The van der Waals surface area contributed by atoms with Crippen molar-refractivity contribution in [3.05, 3.63) is 69.7 Å². The minimum Gasteiger partial charge on any atom is -0.299 e. The molecule has 2 aromatic rings. The molecule has 104 valence electrons. The molecule has 0 saturated carbocycles. The van der Waals surface area contributed by atoms with Gasteiger partial charge in [0.2, 0.25) is 0 Å². The van der Waals surface area contributed by atoms with Crippen LogP contribution in [-0.2, 0) is 17.6 Å². The van der Waals surface area contributed by atoms with E-state index in [0.717, 1.165) is 15.6 Å². The molecule has 0 heterocycles. The summed E-state index contributed by atoms with van der Waals surface area (Å²) in [4.78, 5) is 12.1. The number of halogens is 1. The number of benzene rings is 2. The molecule has 0 N–H and O–H groups in total. The molecule has 0 aliphatic rings. The van der Waals surface area contributed by atoms with Crippen LogP contribution in [0.5, 0.6) is 0 Å². The Morgan fingerprint density at radius 2 is 1.35 bits per heavy atom. The van der Waals surface area contributed by atoms with Crippen molar-refractivity contribution in [1.29, 1.82) is 0 Å². The van der Waals surface area contributed by atoms with Crippen LogP contribution < -0.4 is 0 Å². The fourth-order valence-electron chi connectivity index (χ4n) is 2.14. The van der Waals surface area contributed by atoms with Gasteiger partial charge in [-0.05, 0) is 34.7 Å². The van der Waals surface area contributed by atoms with E-state index in [1.54, 1.807) is 0 Å². The molecule has 0 amide bonds. The Balaban J connectivity index is 1.95. The average Bonchev–Trinajstić information content (AvgIpc) is 2.42. The van der Waals surface area contributed by atoms with Crippen molar-refractivity contribution in [3.8, 4) is 0 Å². The predicted molar refractivity (Wildman–Crippen MR) is 87.1 cm³/mol. The third-order valence-corrected chi connectivity index (χ3v) is 3.89. The number of carbonyl (C=O) groups is 1. The molecular weight excluding hydrogens is 312 g/mol. The number of hydrogen-bond donors (Lipinski definition) is 0. The van der Waals surface area contributed by atoms with E-state index in [-0.39, 0.29) is 5.78 Å². The fraction of sp³-hybridized carbons (Fsp3) is 0.278. The van der Waals surface area contributed by atoms with Crippen molar-refractivity contribution in [2.45, 2.75) is 32.6 Å². The lowest BCUT2D eigenvalue weighted by Crippen LogP contribution is -2.06. The molecule has 0 aliphatic heterocycles. The van der Waals surface area contributed by atoms with Crippen molar-refractivity contribution in [3.63, 3.8) is 0 Å². The molecule has 0 radical (unpaired) electrons. The molecule has 20 heavy (non-hydrogen) atoms. The van der Waals surface area contributed by atoms with E-state index in [0.29, 0.717) is 18.8 Å². The summed E-state index contributed by atoms with van der Waals surface area (Å²) in [5.74, 6) is 0.784. The Morgan fingerprint density at radius 1 is 0.900 bits per heavy atom. The number of rotatable bonds is 5. The summed E-state index contributed by atoms with van der Waals surface area (Å²) in [5, 5.41) is 0. The van der Waals surface area contributed by atoms with Crippen LogP contribution in [0.25, 0.3) is 0 Å². The predicted octanol–water partition coefficient (Wildman–Crippen LogP) is 4.93. The van der Waals surface area contributed by atoms with Gasteiger partial charge in [0.25, 0.3) is 0 Å². The summed E-state index contributed by atoms with van der Waals surface area (Å²) in [6.07, 6.45) is 1.01. The van der Waals surface area contributed by atoms with Crippen LogP contribution in [0.15, 0.2) is 53.0 Å².